The van der Waals surface area contributed by atoms with Crippen LogP contribution in [0.4, 0.5) is 0 Å². The summed E-state index contributed by atoms with van der Waals surface area (Å²) in [5.41, 5.74) is 1.15. The van der Waals surface area contributed by atoms with Crippen molar-refractivity contribution in [3.05, 3.63) is 35.9 Å². The fourth-order valence-corrected chi connectivity index (χ4v) is 2.43. The van der Waals surface area contributed by atoms with Crippen LogP contribution in [0.25, 0.3) is 0 Å². The molecule has 0 radical (unpaired) electrons. The third-order valence-electron chi connectivity index (χ3n) is 2.37. The summed E-state index contributed by atoms with van der Waals surface area (Å²) in [4.78, 5) is 0. The Morgan fingerprint density at radius 3 is 2.76 bits per heavy atom. The molecule has 0 aromatic heterocycles. The molecule has 3 heteroatoms. The second-order valence-corrected chi connectivity index (χ2v) is 5.23. The van der Waals surface area contributed by atoms with Gasteiger partial charge in [-0.2, -0.15) is 11.8 Å². The zero-order valence-electron chi connectivity index (χ0n) is 10.5. The maximum absolute atomic E-state index is 9.68. The summed E-state index contributed by atoms with van der Waals surface area (Å²) < 4.78 is 5.48. The highest BCUT2D eigenvalue weighted by atomic mass is 32.2. The average Bonchev–Trinajstić information content (AvgIpc) is 2.36. The Balaban J connectivity index is 2.02. The summed E-state index contributed by atoms with van der Waals surface area (Å²) >= 11 is 1.80. The van der Waals surface area contributed by atoms with Gasteiger partial charge in [-0.3, -0.25) is 0 Å². The first-order valence-electron chi connectivity index (χ1n) is 6.20. The molecule has 0 aliphatic heterocycles. The molecular formula is C14H22O2S. The number of aliphatic hydroxyl groups is 1. The SMILES string of the molecule is CCCCSC[C@@H](O)COCc1ccccc1. The van der Waals surface area contributed by atoms with Crippen molar-refractivity contribution in [2.45, 2.75) is 32.5 Å². The number of hydrogen-bond donors (Lipinski definition) is 1. The van der Waals surface area contributed by atoms with Gasteiger partial charge in [-0.1, -0.05) is 43.7 Å². The fraction of sp³-hybridized carbons (Fsp3) is 0.571. The van der Waals surface area contributed by atoms with Gasteiger partial charge in [0, 0.05) is 5.75 Å². The van der Waals surface area contributed by atoms with E-state index < -0.39 is 0 Å². The Labute approximate surface area is 108 Å². The van der Waals surface area contributed by atoms with E-state index in [-0.39, 0.29) is 6.10 Å². The monoisotopic (exact) mass is 254 g/mol. The first kappa shape index (κ1) is 14.6. The van der Waals surface area contributed by atoms with E-state index in [4.69, 9.17) is 4.74 Å². The molecule has 0 spiro atoms. The summed E-state index contributed by atoms with van der Waals surface area (Å²) in [6.45, 7) is 3.19. The van der Waals surface area contributed by atoms with Gasteiger partial charge in [0.05, 0.1) is 19.3 Å². The standard InChI is InChI=1S/C14H22O2S/c1-2-3-9-17-12-14(15)11-16-10-13-7-5-4-6-8-13/h4-8,14-15H,2-3,9-12H2,1H3/t14-/m0/s1. The van der Waals surface area contributed by atoms with E-state index >= 15 is 0 Å². The van der Waals surface area contributed by atoms with Gasteiger partial charge >= 0.3 is 0 Å². The molecule has 0 amide bonds. The van der Waals surface area contributed by atoms with Crippen molar-refractivity contribution >= 4 is 11.8 Å². The molecule has 0 aliphatic carbocycles. The van der Waals surface area contributed by atoms with Crippen molar-refractivity contribution in [3.8, 4) is 0 Å². The maximum atomic E-state index is 9.68. The predicted octanol–water partition coefficient (Wildman–Crippen LogP) is 3.10. The molecule has 0 heterocycles. The Hall–Kier alpha value is -0.510. The van der Waals surface area contributed by atoms with Crippen LogP contribution in [-0.2, 0) is 11.3 Å². The van der Waals surface area contributed by atoms with E-state index in [1.165, 1.54) is 12.8 Å². The highest BCUT2D eigenvalue weighted by Gasteiger charge is 2.04. The molecule has 0 saturated heterocycles. The average molecular weight is 254 g/mol. The lowest BCUT2D eigenvalue weighted by Gasteiger charge is -2.10. The molecular weight excluding hydrogens is 232 g/mol. The summed E-state index contributed by atoms with van der Waals surface area (Å²) in [5.74, 6) is 1.90. The molecule has 0 bridgehead atoms. The molecule has 0 saturated carbocycles. The Morgan fingerprint density at radius 2 is 2.06 bits per heavy atom. The van der Waals surface area contributed by atoms with Crippen molar-refractivity contribution < 1.29 is 9.84 Å². The quantitative estimate of drug-likeness (QED) is 0.687. The molecule has 1 aromatic rings. The summed E-state index contributed by atoms with van der Waals surface area (Å²) in [6, 6.07) is 10.0. The molecule has 2 nitrogen and oxygen atoms in total. The summed E-state index contributed by atoms with van der Waals surface area (Å²) in [5, 5.41) is 9.68. The van der Waals surface area contributed by atoms with Crippen LogP contribution >= 0.6 is 11.8 Å². The van der Waals surface area contributed by atoms with E-state index in [1.54, 1.807) is 11.8 Å². The second-order valence-electron chi connectivity index (χ2n) is 4.08. The van der Waals surface area contributed by atoms with Gasteiger partial charge in [0.2, 0.25) is 0 Å². The van der Waals surface area contributed by atoms with E-state index in [9.17, 15) is 5.11 Å². The van der Waals surface area contributed by atoms with Gasteiger partial charge in [-0.25, -0.2) is 0 Å². The first-order chi connectivity index (χ1) is 8.33. The Bertz CT molecular complexity index is 277. The van der Waals surface area contributed by atoms with Crippen LogP contribution in [0.1, 0.15) is 25.3 Å². The molecule has 1 atom stereocenters. The first-order valence-corrected chi connectivity index (χ1v) is 7.36. The van der Waals surface area contributed by atoms with E-state index in [0.29, 0.717) is 13.2 Å². The van der Waals surface area contributed by atoms with Crippen LogP contribution in [0.5, 0.6) is 0 Å². The third kappa shape index (κ3) is 7.42. The van der Waals surface area contributed by atoms with Crippen LogP contribution in [0.3, 0.4) is 0 Å². The van der Waals surface area contributed by atoms with E-state index in [1.807, 2.05) is 30.3 Å². The van der Waals surface area contributed by atoms with Gasteiger partial charge in [0.25, 0.3) is 0 Å². The van der Waals surface area contributed by atoms with Crippen molar-refractivity contribution in [3.63, 3.8) is 0 Å². The number of thioether (sulfide) groups is 1. The fourth-order valence-electron chi connectivity index (χ4n) is 1.40. The molecule has 1 N–H and O–H groups in total. The molecule has 1 aromatic carbocycles. The molecule has 96 valence electrons. The topological polar surface area (TPSA) is 29.5 Å². The highest BCUT2D eigenvalue weighted by molar-refractivity contribution is 7.99. The molecule has 0 aliphatic rings. The van der Waals surface area contributed by atoms with Crippen LogP contribution in [0, 0.1) is 0 Å². The summed E-state index contributed by atoms with van der Waals surface area (Å²) in [7, 11) is 0. The Kier molecular flexibility index (Phi) is 8.14. The normalized spacial score (nSPS) is 12.6. The zero-order chi connectivity index (χ0) is 12.3. The van der Waals surface area contributed by atoms with Gasteiger partial charge in [0.1, 0.15) is 0 Å². The molecule has 0 fully saturated rings. The number of unbranched alkanes of at least 4 members (excludes halogenated alkanes) is 1. The van der Waals surface area contributed by atoms with Gasteiger partial charge in [-0.15, -0.1) is 0 Å². The minimum Gasteiger partial charge on any atom is -0.390 e. The molecule has 0 unspecified atom stereocenters. The van der Waals surface area contributed by atoms with Gasteiger partial charge in [-0.05, 0) is 17.7 Å². The van der Waals surface area contributed by atoms with Crippen LogP contribution in [0.15, 0.2) is 30.3 Å². The number of aliphatic hydroxyl groups excluding tert-OH is 1. The minimum atomic E-state index is -0.347. The van der Waals surface area contributed by atoms with Crippen LogP contribution in [0.2, 0.25) is 0 Å². The zero-order valence-corrected chi connectivity index (χ0v) is 11.3. The molecule has 17 heavy (non-hydrogen) atoms. The minimum absolute atomic E-state index is 0.347. The van der Waals surface area contributed by atoms with Gasteiger partial charge < -0.3 is 9.84 Å². The van der Waals surface area contributed by atoms with Crippen molar-refractivity contribution in [2.75, 3.05) is 18.1 Å². The largest absolute Gasteiger partial charge is 0.390 e. The van der Waals surface area contributed by atoms with Crippen molar-refractivity contribution in [1.29, 1.82) is 0 Å². The second kappa shape index (κ2) is 9.51. The van der Waals surface area contributed by atoms with Crippen LogP contribution in [-0.4, -0.2) is 29.3 Å². The summed E-state index contributed by atoms with van der Waals surface area (Å²) in [6.07, 6.45) is 2.09. The van der Waals surface area contributed by atoms with Crippen LogP contribution < -0.4 is 0 Å². The smallest absolute Gasteiger partial charge is 0.0863 e. The maximum Gasteiger partial charge on any atom is 0.0863 e. The molecule has 1 rings (SSSR count). The third-order valence-corrected chi connectivity index (χ3v) is 3.57. The van der Waals surface area contributed by atoms with E-state index in [2.05, 4.69) is 6.92 Å². The lowest BCUT2D eigenvalue weighted by Crippen LogP contribution is -2.18. The number of rotatable bonds is 9. The highest BCUT2D eigenvalue weighted by Crippen LogP contribution is 2.07. The van der Waals surface area contributed by atoms with Crippen molar-refractivity contribution in [2.24, 2.45) is 0 Å². The lowest BCUT2D eigenvalue weighted by atomic mass is 10.2. The number of ether oxygens (including phenoxy) is 1. The van der Waals surface area contributed by atoms with Crippen molar-refractivity contribution in [1.82, 2.24) is 0 Å². The van der Waals surface area contributed by atoms with Gasteiger partial charge in [0.15, 0.2) is 0 Å². The van der Waals surface area contributed by atoms with E-state index in [0.717, 1.165) is 17.1 Å². The Morgan fingerprint density at radius 1 is 1.29 bits per heavy atom. The number of hydrogen-bond acceptors (Lipinski definition) is 3. The number of benzene rings is 1. The predicted molar refractivity (Wildman–Crippen MR) is 74.3 cm³/mol. The lowest BCUT2D eigenvalue weighted by molar-refractivity contribution is 0.0398.